The first kappa shape index (κ1) is 29.0. The summed E-state index contributed by atoms with van der Waals surface area (Å²) in [7, 11) is 1.61. The van der Waals surface area contributed by atoms with E-state index in [1.165, 1.54) is 37.7 Å². The van der Waals surface area contributed by atoms with Crippen LogP contribution in [-0.4, -0.2) is 51.1 Å². The molecule has 1 saturated carbocycles. The van der Waals surface area contributed by atoms with Gasteiger partial charge < -0.3 is 34.1 Å². The van der Waals surface area contributed by atoms with Gasteiger partial charge in [0.25, 0.3) is 0 Å². The van der Waals surface area contributed by atoms with E-state index < -0.39 is 6.10 Å². The van der Waals surface area contributed by atoms with Crippen LogP contribution in [0.5, 0.6) is 23.0 Å². The molecule has 7 nitrogen and oxygen atoms in total. The highest BCUT2D eigenvalue weighted by Gasteiger charge is 2.19. The lowest BCUT2D eigenvalue weighted by molar-refractivity contribution is 0.0511. The number of methoxy groups -OCH3 is 1. The van der Waals surface area contributed by atoms with Gasteiger partial charge >= 0.3 is 0 Å². The van der Waals surface area contributed by atoms with Gasteiger partial charge in [-0.3, -0.25) is 0 Å². The summed E-state index contributed by atoms with van der Waals surface area (Å²) in [5, 5.41) is 14.0. The minimum Gasteiger partial charge on any atom is -0.491 e. The Morgan fingerprint density at radius 3 is 2.15 bits per heavy atom. The lowest BCUT2D eigenvalue weighted by Crippen LogP contribution is -2.38. The summed E-state index contributed by atoms with van der Waals surface area (Å²) in [5.74, 6) is 3.00. The van der Waals surface area contributed by atoms with Crippen LogP contribution in [0.2, 0.25) is 0 Å². The predicted octanol–water partition coefficient (Wildman–Crippen LogP) is 6.43. The molecule has 0 amide bonds. The Labute approximate surface area is 243 Å². The van der Waals surface area contributed by atoms with Crippen LogP contribution < -0.4 is 24.3 Å². The van der Waals surface area contributed by atoms with Crippen molar-refractivity contribution in [2.75, 3.05) is 33.8 Å². The number of aliphatic hydroxyl groups is 1. The largest absolute Gasteiger partial charge is 0.491 e. The second-order valence-electron chi connectivity index (χ2n) is 10.6. The minimum absolute atomic E-state index is 0.201. The summed E-state index contributed by atoms with van der Waals surface area (Å²) in [5.41, 5.74) is 5.53. The fraction of sp³-hybridized carbons (Fsp3) is 0.412. The number of nitrogens with one attached hydrogen (secondary N) is 1. The van der Waals surface area contributed by atoms with Gasteiger partial charge in [-0.05, 0) is 83.5 Å². The van der Waals surface area contributed by atoms with E-state index in [-0.39, 0.29) is 20.2 Å². The van der Waals surface area contributed by atoms with Crippen molar-refractivity contribution in [3.63, 3.8) is 0 Å². The molecule has 218 valence electrons. The highest BCUT2D eigenvalue weighted by molar-refractivity contribution is 5.99. The van der Waals surface area contributed by atoms with E-state index in [0.717, 1.165) is 51.7 Å². The fourth-order valence-electron chi connectivity index (χ4n) is 5.55. The lowest BCUT2D eigenvalue weighted by Gasteiger charge is -2.24. The average molecular weight is 560 g/mol. The number of ether oxygens (including phenoxy) is 5. The lowest BCUT2D eigenvalue weighted by atomic mass is 9.88. The smallest absolute Gasteiger partial charge is 0.231 e. The number of hydrogen-bond acceptors (Lipinski definition) is 7. The zero-order chi connectivity index (χ0) is 28.4. The maximum atomic E-state index is 10.5. The van der Waals surface area contributed by atoms with Crippen LogP contribution >= 0.6 is 0 Å². The third-order valence-electron chi connectivity index (χ3n) is 7.70. The zero-order valence-corrected chi connectivity index (χ0v) is 24.1. The Bertz CT molecular complexity index is 1280. The minimum atomic E-state index is -0.552. The van der Waals surface area contributed by atoms with Gasteiger partial charge in [0.2, 0.25) is 6.79 Å². The van der Waals surface area contributed by atoms with Gasteiger partial charge in [0.05, 0.1) is 0 Å². The van der Waals surface area contributed by atoms with Crippen molar-refractivity contribution in [2.45, 2.75) is 57.6 Å². The van der Waals surface area contributed by atoms with E-state index in [1.807, 2.05) is 30.3 Å². The molecule has 1 aliphatic heterocycles. The third kappa shape index (κ3) is 7.61. The van der Waals surface area contributed by atoms with Crippen molar-refractivity contribution in [3.05, 3.63) is 83.4 Å². The second kappa shape index (κ2) is 14.4. The molecule has 0 radical (unpaired) electrons. The van der Waals surface area contributed by atoms with Crippen LogP contribution in [-0.2, 0) is 4.74 Å². The molecule has 0 saturated heterocycles. The Hall–Kier alpha value is -3.52. The first-order valence-corrected chi connectivity index (χ1v) is 14.6. The maximum Gasteiger partial charge on any atom is 0.231 e. The van der Waals surface area contributed by atoms with E-state index >= 15 is 0 Å². The summed E-state index contributed by atoms with van der Waals surface area (Å²) in [6.07, 6.45) is 6.51. The normalized spacial score (nSPS) is 16.3. The van der Waals surface area contributed by atoms with Crippen LogP contribution in [0.15, 0.2) is 66.7 Å². The Morgan fingerprint density at radius 1 is 0.854 bits per heavy atom. The monoisotopic (exact) mass is 559 g/mol. The van der Waals surface area contributed by atoms with Crippen molar-refractivity contribution in [3.8, 4) is 23.0 Å². The molecule has 0 spiro atoms. The molecule has 7 heteroatoms. The molecule has 3 aromatic rings. The molecule has 2 N–H and O–H groups in total. The van der Waals surface area contributed by atoms with Crippen molar-refractivity contribution in [1.82, 2.24) is 5.32 Å². The SMILES string of the molecule is CCC(=C(c1ccc(OCOC)cc1)c1ccc(OCC(O)CNC2CCCCC2)cc1)c1ccc2c(c1)OCO2. The fourth-order valence-corrected chi connectivity index (χ4v) is 5.55. The van der Waals surface area contributed by atoms with E-state index in [1.54, 1.807) is 7.11 Å². The molecule has 5 rings (SSSR count). The van der Waals surface area contributed by atoms with Gasteiger partial charge in [-0.1, -0.05) is 56.5 Å². The first-order chi connectivity index (χ1) is 20.1. The molecule has 0 aromatic heterocycles. The summed E-state index contributed by atoms with van der Waals surface area (Å²) in [6.45, 7) is 3.41. The Kier molecular flexibility index (Phi) is 10.2. The molecule has 1 atom stereocenters. The Balaban J connectivity index is 1.36. The topological polar surface area (TPSA) is 78.4 Å². The molecule has 0 bridgehead atoms. The molecule has 1 unspecified atom stereocenters. The van der Waals surface area contributed by atoms with E-state index in [4.69, 9.17) is 23.7 Å². The van der Waals surface area contributed by atoms with Crippen LogP contribution in [0.3, 0.4) is 0 Å². The van der Waals surface area contributed by atoms with E-state index in [2.05, 4.69) is 48.6 Å². The molecule has 1 aliphatic carbocycles. The van der Waals surface area contributed by atoms with Crippen LogP contribution in [0.25, 0.3) is 11.1 Å². The molecule has 1 fully saturated rings. The molecule has 2 aliphatic rings. The molecule has 1 heterocycles. The van der Waals surface area contributed by atoms with Gasteiger partial charge in [-0.25, -0.2) is 0 Å². The number of fused-ring (bicyclic) bond motifs is 1. The first-order valence-electron chi connectivity index (χ1n) is 14.6. The summed E-state index contributed by atoms with van der Waals surface area (Å²) >= 11 is 0. The third-order valence-corrected chi connectivity index (χ3v) is 7.70. The van der Waals surface area contributed by atoms with Crippen molar-refractivity contribution < 1.29 is 28.8 Å². The van der Waals surface area contributed by atoms with Crippen LogP contribution in [0.4, 0.5) is 0 Å². The van der Waals surface area contributed by atoms with E-state index in [0.29, 0.717) is 12.6 Å². The molecular weight excluding hydrogens is 518 g/mol. The average Bonchev–Trinajstić information content (AvgIpc) is 3.50. The van der Waals surface area contributed by atoms with Gasteiger partial charge in [-0.15, -0.1) is 0 Å². The number of aliphatic hydroxyl groups excluding tert-OH is 1. The quantitative estimate of drug-likeness (QED) is 0.185. The van der Waals surface area contributed by atoms with Crippen molar-refractivity contribution >= 4 is 11.1 Å². The molecule has 41 heavy (non-hydrogen) atoms. The van der Waals surface area contributed by atoms with Crippen molar-refractivity contribution in [1.29, 1.82) is 0 Å². The van der Waals surface area contributed by atoms with Crippen LogP contribution in [0.1, 0.15) is 62.1 Å². The highest BCUT2D eigenvalue weighted by Crippen LogP contribution is 2.40. The van der Waals surface area contributed by atoms with Crippen LogP contribution in [0, 0.1) is 0 Å². The zero-order valence-electron chi connectivity index (χ0n) is 24.1. The number of rotatable bonds is 13. The van der Waals surface area contributed by atoms with Gasteiger partial charge in [0, 0.05) is 19.7 Å². The number of hydrogen-bond donors (Lipinski definition) is 2. The van der Waals surface area contributed by atoms with Gasteiger partial charge in [0.15, 0.2) is 18.3 Å². The van der Waals surface area contributed by atoms with E-state index in [9.17, 15) is 5.11 Å². The molecule has 3 aromatic carbocycles. The number of allylic oxidation sites excluding steroid dienone is 1. The summed E-state index contributed by atoms with van der Waals surface area (Å²) in [6, 6.07) is 22.8. The van der Waals surface area contributed by atoms with Gasteiger partial charge in [0.1, 0.15) is 24.2 Å². The molecular formula is C34H41NO6. The second-order valence-corrected chi connectivity index (χ2v) is 10.6. The highest BCUT2D eigenvalue weighted by atomic mass is 16.7. The Morgan fingerprint density at radius 2 is 1.49 bits per heavy atom. The summed E-state index contributed by atoms with van der Waals surface area (Å²) in [4.78, 5) is 0. The standard InChI is InChI=1S/C34H41NO6/c1-3-31(26-13-18-32-33(19-26)41-23-40-32)34(25-11-16-30(17-12-25)39-22-37-2)24-9-14-29(15-10-24)38-21-28(36)20-35-27-7-5-4-6-8-27/h9-19,27-28,35-36H,3-8,20-23H2,1-2H3. The van der Waals surface area contributed by atoms with Crippen molar-refractivity contribution in [2.24, 2.45) is 0 Å². The predicted molar refractivity (Wildman–Crippen MR) is 161 cm³/mol. The maximum absolute atomic E-state index is 10.5. The summed E-state index contributed by atoms with van der Waals surface area (Å²) < 4.78 is 27.8. The number of benzene rings is 3. The van der Waals surface area contributed by atoms with Gasteiger partial charge in [-0.2, -0.15) is 0 Å².